The summed E-state index contributed by atoms with van der Waals surface area (Å²) in [6.07, 6.45) is 0. The van der Waals surface area contributed by atoms with E-state index in [9.17, 15) is 4.79 Å². The van der Waals surface area contributed by atoms with Crippen molar-refractivity contribution in [2.24, 2.45) is 0 Å². The Morgan fingerprint density at radius 2 is 2.00 bits per heavy atom. The van der Waals surface area contributed by atoms with Gasteiger partial charge in [0.25, 0.3) is 5.91 Å². The zero-order valence-corrected chi connectivity index (χ0v) is 13.1. The number of hydrogen-bond donors (Lipinski definition) is 2. The van der Waals surface area contributed by atoms with Crippen LogP contribution in [0.3, 0.4) is 0 Å². The normalized spacial score (nSPS) is 11.9. The summed E-state index contributed by atoms with van der Waals surface area (Å²) >= 11 is 3.41. The standard InChI is InChI=1S/C16H17BrN2O/c1-10-6-7-15(17)14(8-10)16(20)19-11(2)12-4-3-5-13(18)9-12/h3-9,11H,18H2,1-2H3,(H,19,20). The molecule has 1 unspecified atom stereocenters. The number of nitrogens with two attached hydrogens (primary N) is 1. The van der Waals surface area contributed by atoms with Gasteiger partial charge >= 0.3 is 0 Å². The molecule has 0 aliphatic heterocycles. The van der Waals surface area contributed by atoms with E-state index in [-0.39, 0.29) is 11.9 Å². The van der Waals surface area contributed by atoms with E-state index in [0.717, 1.165) is 15.6 Å². The maximum absolute atomic E-state index is 12.3. The van der Waals surface area contributed by atoms with Crippen molar-refractivity contribution in [3.05, 3.63) is 63.6 Å². The lowest BCUT2D eigenvalue weighted by molar-refractivity contribution is 0.0939. The minimum Gasteiger partial charge on any atom is -0.399 e. The van der Waals surface area contributed by atoms with Crippen LogP contribution in [-0.2, 0) is 0 Å². The van der Waals surface area contributed by atoms with E-state index in [1.807, 2.05) is 56.3 Å². The van der Waals surface area contributed by atoms with Crippen LogP contribution in [0, 0.1) is 6.92 Å². The third-order valence-electron chi connectivity index (χ3n) is 3.12. The van der Waals surface area contributed by atoms with Gasteiger partial charge in [-0.1, -0.05) is 23.8 Å². The molecule has 0 saturated heterocycles. The summed E-state index contributed by atoms with van der Waals surface area (Å²) in [5.41, 5.74) is 9.14. The minimum atomic E-state index is -0.101. The molecule has 2 rings (SSSR count). The van der Waals surface area contributed by atoms with Gasteiger partial charge in [-0.15, -0.1) is 0 Å². The molecule has 1 amide bonds. The molecule has 4 heteroatoms. The van der Waals surface area contributed by atoms with Crippen LogP contribution < -0.4 is 11.1 Å². The summed E-state index contributed by atoms with van der Waals surface area (Å²) in [6, 6.07) is 13.1. The lowest BCUT2D eigenvalue weighted by atomic mass is 10.1. The fourth-order valence-electron chi connectivity index (χ4n) is 2.00. The van der Waals surface area contributed by atoms with Gasteiger partial charge in [0, 0.05) is 10.2 Å². The molecule has 0 bridgehead atoms. The van der Waals surface area contributed by atoms with Crippen LogP contribution in [0.5, 0.6) is 0 Å². The molecule has 104 valence electrons. The molecule has 0 heterocycles. The van der Waals surface area contributed by atoms with Crippen molar-refractivity contribution in [1.29, 1.82) is 0 Å². The molecule has 3 nitrogen and oxygen atoms in total. The van der Waals surface area contributed by atoms with Crippen molar-refractivity contribution in [2.75, 3.05) is 5.73 Å². The second-order valence-electron chi connectivity index (χ2n) is 4.85. The summed E-state index contributed by atoms with van der Waals surface area (Å²) in [5, 5.41) is 2.98. The van der Waals surface area contributed by atoms with E-state index in [1.165, 1.54) is 0 Å². The van der Waals surface area contributed by atoms with E-state index >= 15 is 0 Å². The average molecular weight is 333 g/mol. The van der Waals surface area contributed by atoms with Crippen LogP contribution in [0.1, 0.15) is 34.5 Å². The SMILES string of the molecule is Cc1ccc(Br)c(C(=O)NC(C)c2cccc(N)c2)c1. The summed E-state index contributed by atoms with van der Waals surface area (Å²) < 4.78 is 0.792. The van der Waals surface area contributed by atoms with Crippen LogP contribution in [0.2, 0.25) is 0 Å². The van der Waals surface area contributed by atoms with Crippen molar-refractivity contribution < 1.29 is 4.79 Å². The smallest absolute Gasteiger partial charge is 0.252 e. The number of benzene rings is 2. The molecular weight excluding hydrogens is 316 g/mol. The van der Waals surface area contributed by atoms with Gasteiger partial charge in [0.2, 0.25) is 0 Å². The fourth-order valence-corrected chi connectivity index (χ4v) is 2.43. The number of carbonyl (C=O) groups is 1. The van der Waals surface area contributed by atoms with Crippen molar-refractivity contribution >= 4 is 27.5 Å². The average Bonchev–Trinajstić information content (AvgIpc) is 2.41. The van der Waals surface area contributed by atoms with Crippen molar-refractivity contribution in [2.45, 2.75) is 19.9 Å². The van der Waals surface area contributed by atoms with E-state index in [4.69, 9.17) is 5.73 Å². The number of nitrogens with one attached hydrogen (secondary N) is 1. The molecular formula is C16H17BrN2O. The number of rotatable bonds is 3. The molecule has 0 aliphatic carbocycles. The Hall–Kier alpha value is -1.81. The molecule has 0 radical (unpaired) electrons. The predicted octanol–water partition coefficient (Wildman–Crippen LogP) is 3.83. The van der Waals surface area contributed by atoms with Crippen LogP contribution in [0.4, 0.5) is 5.69 Å². The Labute approximate surface area is 127 Å². The van der Waals surface area contributed by atoms with Crippen LogP contribution in [0.25, 0.3) is 0 Å². The summed E-state index contributed by atoms with van der Waals surface area (Å²) in [7, 11) is 0. The van der Waals surface area contributed by atoms with Gasteiger partial charge in [0.05, 0.1) is 11.6 Å². The van der Waals surface area contributed by atoms with E-state index in [0.29, 0.717) is 11.3 Å². The molecule has 2 aromatic carbocycles. The van der Waals surface area contributed by atoms with Crippen LogP contribution in [0.15, 0.2) is 46.9 Å². The first kappa shape index (κ1) is 14.6. The summed E-state index contributed by atoms with van der Waals surface area (Å²) in [5.74, 6) is -0.101. The number of anilines is 1. The highest BCUT2D eigenvalue weighted by molar-refractivity contribution is 9.10. The van der Waals surface area contributed by atoms with E-state index in [2.05, 4.69) is 21.2 Å². The summed E-state index contributed by atoms with van der Waals surface area (Å²) in [6.45, 7) is 3.90. The maximum atomic E-state index is 12.3. The number of hydrogen-bond acceptors (Lipinski definition) is 2. The third-order valence-corrected chi connectivity index (χ3v) is 3.82. The van der Waals surface area contributed by atoms with Crippen molar-refractivity contribution in [3.8, 4) is 0 Å². The lowest BCUT2D eigenvalue weighted by Crippen LogP contribution is -2.27. The first-order chi connectivity index (χ1) is 9.47. The van der Waals surface area contributed by atoms with Gasteiger partial charge in [0.1, 0.15) is 0 Å². The molecule has 0 aliphatic rings. The summed E-state index contributed by atoms with van der Waals surface area (Å²) in [4.78, 5) is 12.3. The molecule has 20 heavy (non-hydrogen) atoms. The van der Waals surface area contributed by atoms with E-state index < -0.39 is 0 Å². The lowest BCUT2D eigenvalue weighted by Gasteiger charge is -2.15. The van der Waals surface area contributed by atoms with Gasteiger partial charge in [-0.3, -0.25) is 4.79 Å². The monoisotopic (exact) mass is 332 g/mol. The predicted molar refractivity (Wildman–Crippen MR) is 85.6 cm³/mol. The zero-order chi connectivity index (χ0) is 14.7. The Morgan fingerprint density at radius 3 is 2.70 bits per heavy atom. The van der Waals surface area contributed by atoms with Gasteiger partial charge < -0.3 is 11.1 Å². The minimum absolute atomic E-state index is 0.0987. The van der Waals surface area contributed by atoms with E-state index in [1.54, 1.807) is 0 Å². The van der Waals surface area contributed by atoms with Gasteiger partial charge in [-0.05, 0) is 59.6 Å². The second-order valence-corrected chi connectivity index (χ2v) is 5.70. The first-order valence-corrected chi connectivity index (χ1v) is 7.19. The maximum Gasteiger partial charge on any atom is 0.252 e. The largest absolute Gasteiger partial charge is 0.399 e. The molecule has 0 spiro atoms. The number of nitrogen functional groups attached to an aromatic ring is 1. The number of amides is 1. The molecule has 0 aromatic heterocycles. The Morgan fingerprint density at radius 1 is 1.25 bits per heavy atom. The van der Waals surface area contributed by atoms with Gasteiger partial charge in [-0.25, -0.2) is 0 Å². The van der Waals surface area contributed by atoms with Gasteiger partial charge in [-0.2, -0.15) is 0 Å². The molecule has 2 aromatic rings. The molecule has 0 fully saturated rings. The molecule has 0 saturated carbocycles. The fraction of sp³-hybridized carbons (Fsp3) is 0.188. The number of aryl methyl sites for hydroxylation is 1. The molecule has 1 atom stereocenters. The highest BCUT2D eigenvalue weighted by Gasteiger charge is 2.14. The highest BCUT2D eigenvalue weighted by Crippen LogP contribution is 2.20. The van der Waals surface area contributed by atoms with Crippen LogP contribution in [-0.4, -0.2) is 5.91 Å². The first-order valence-electron chi connectivity index (χ1n) is 6.40. The Balaban J connectivity index is 2.17. The zero-order valence-electron chi connectivity index (χ0n) is 11.5. The Kier molecular flexibility index (Phi) is 4.45. The quantitative estimate of drug-likeness (QED) is 0.839. The number of halogens is 1. The molecule has 3 N–H and O–H groups in total. The van der Waals surface area contributed by atoms with Crippen molar-refractivity contribution in [3.63, 3.8) is 0 Å². The number of carbonyl (C=O) groups excluding carboxylic acids is 1. The van der Waals surface area contributed by atoms with Crippen molar-refractivity contribution in [1.82, 2.24) is 5.32 Å². The topological polar surface area (TPSA) is 55.1 Å². The highest BCUT2D eigenvalue weighted by atomic mass is 79.9. The second kappa shape index (κ2) is 6.09. The Bertz CT molecular complexity index is 640. The third kappa shape index (κ3) is 3.39. The van der Waals surface area contributed by atoms with Crippen LogP contribution >= 0.6 is 15.9 Å². The van der Waals surface area contributed by atoms with Gasteiger partial charge in [0.15, 0.2) is 0 Å².